The quantitative estimate of drug-likeness (QED) is 0.710. The van der Waals surface area contributed by atoms with Crippen molar-refractivity contribution in [3.63, 3.8) is 0 Å². The smallest absolute Gasteiger partial charge is 0.161 e. The van der Waals surface area contributed by atoms with Gasteiger partial charge in [0.05, 0.1) is 37.7 Å². The van der Waals surface area contributed by atoms with Crippen molar-refractivity contribution in [1.82, 2.24) is 20.0 Å². The summed E-state index contributed by atoms with van der Waals surface area (Å²) in [6.07, 6.45) is 1.84. The monoisotopic (exact) mass is 298 g/mol. The average molecular weight is 298 g/mol. The molecule has 0 fully saturated rings. The fraction of sp³-hybridized carbons (Fsp3) is 0.800. The zero-order valence-electron chi connectivity index (χ0n) is 14.2. The number of hydrogen-bond donors (Lipinski definition) is 1. The molecule has 0 radical (unpaired) electrons. The van der Waals surface area contributed by atoms with Gasteiger partial charge in [0.25, 0.3) is 0 Å². The molecule has 0 aromatic carbocycles. The first-order valence-electron chi connectivity index (χ1n) is 7.64. The van der Waals surface area contributed by atoms with Crippen LogP contribution >= 0.6 is 0 Å². The van der Waals surface area contributed by atoms with Gasteiger partial charge in [0, 0.05) is 13.2 Å². The molecule has 6 heteroatoms. The molecule has 0 aliphatic heterocycles. The third-order valence-electron chi connectivity index (χ3n) is 3.44. The van der Waals surface area contributed by atoms with Gasteiger partial charge in [-0.15, -0.1) is 0 Å². The Labute approximate surface area is 128 Å². The van der Waals surface area contributed by atoms with Gasteiger partial charge in [0.1, 0.15) is 0 Å². The van der Waals surface area contributed by atoms with Crippen molar-refractivity contribution in [3.8, 4) is 5.75 Å². The van der Waals surface area contributed by atoms with Crippen LogP contribution in [0.2, 0.25) is 0 Å². The molecule has 0 saturated carbocycles. The van der Waals surface area contributed by atoms with Gasteiger partial charge in [0.15, 0.2) is 5.75 Å². The lowest BCUT2D eigenvalue weighted by atomic mass is 10.1. The highest BCUT2D eigenvalue weighted by Gasteiger charge is 2.26. The largest absolute Gasteiger partial charge is 0.493 e. The maximum atomic E-state index is 5.79. The molecule has 0 aliphatic rings. The molecule has 0 amide bonds. The number of rotatable bonds is 10. The van der Waals surface area contributed by atoms with Crippen molar-refractivity contribution in [2.24, 2.45) is 0 Å². The first-order valence-corrected chi connectivity index (χ1v) is 7.64. The highest BCUT2D eigenvalue weighted by molar-refractivity contribution is 5.29. The molecule has 2 atom stereocenters. The van der Waals surface area contributed by atoms with Crippen LogP contribution < -0.4 is 10.1 Å². The minimum atomic E-state index is 0.0543. The summed E-state index contributed by atoms with van der Waals surface area (Å²) in [5, 5.41) is 7.97. The molecule has 6 nitrogen and oxygen atoms in total. The van der Waals surface area contributed by atoms with Crippen molar-refractivity contribution in [2.45, 2.75) is 39.5 Å². The maximum absolute atomic E-state index is 5.79. The van der Waals surface area contributed by atoms with Gasteiger partial charge in [-0.25, -0.2) is 0 Å². The van der Waals surface area contributed by atoms with Crippen LogP contribution in [-0.2, 0) is 11.3 Å². The lowest BCUT2D eigenvalue weighted by Gasteiger charge is -2.26. The molecular formula is C15H30N4O2. The number of hydrogen-bond acceptors (Lipinski definition) is 5. The molecule has 1 N–H and O–H groups in total. The first-order chi connectivity index (χ1) is 10.0. The minimum absolute atomic E-state index is 0.0543. The summed E-state index contributed by atoms with van der Waals surface area (Å²) in [5.74, 6) is 0.811. The van der Waals surface area contributed by atoms with Gasteiger partial charge in [0.2, 0.25) is 0 Å². The highest BCUT2D eigenvalue weighted by Crippen LogP contribution is 2.28. The van der Waals surface area contributed by atoms with E-state index in [0.717, 1.165) is 31.1 Å². The molecule has 0 bridgehead atoms. The fourth-order valence-electron chi connectivity index (χ4n) is 2.39. The SMILES string of the molecule is CCNC(c1c(OC)cnn1CCN(C)C)C(C)OCC. The van der Waals surface area contributed by atoms with E-state index in [-0.39, 0.29) is 12.1 Å². The zero-order chi connectivity index (χ0) is 15.8. The van der Waals surface area contributed by atoms with E-state index < -0.39 is 0 Å². The molecule has 0 spiro atoms. The standard InChI is InChI=1S/C15H30N4O2/c1-7-16-14(12(3)21-8-2)15-13(20-6)11-17-19(15)10-9-18(4)5/h11-12,14,16H,7-10H2,1-6H3. The summed E-state index contributed by atoms with van der Waals surface area (Å²) < 4.78 is 13.3. The maximum Gasteiger partial charge on any atom is 0.161 e. The molecule has 2 unspecified atom stereocenters. The first kappa shape index (κ1) is 17.9. The Morgan fingerprint density at radius 3 is 2.62 bits per heavy atom. The lowest BCUT2D eigenvalue weighted by molar-refractivity contribution is 0.0444. The Morgan fingerprint density at radius 2 is 2.10 bits per heavy atom. The third-order valence-corrected chi connectivity index (χ3v) is 3.44. The van der Waals surface area contributed by atoms with E-state index in [1.807, 2.05) is 11.6 Å². The van der Waals surface area contributed by atoms with E-state index in [9.17, 15) is 0 Å². The Kier molecular flexibility index (Phi) is 7.71. The number of nitrogens with one attached hydrogen (secondary N) is 1. The minimum Gasteiger partial charge on any atom is -0.493 e. The van der Waals surface area contributed by atoms with E-state index in [2.05, 4.69) is 43.3 Å². The molecule has 1 rings (SSSR count). The van der Waals surface area contributed by atoms with Crippen molar-refractivity contribution >= 4 is 0 Å². The van der Waals surface area contributed by atoms with E-state index in [1.165, 1.54) is 0 Å². The molecule has 1 heterocycles. The van der Waals surface area contributed by atoms with E-state index in [4.69, 9.17) is 9.47 Å². The molecule has 1 aromatic heterocycles. The summed E-state index contributed by atoms with van der Waals surface area (Å²) in [6.45, 7) is 9.51. The van der Waals surface area contributed by atoms with Gasteiger partial charge in [-0.1, -0.05) is 6.92 Å². The van der Waals surface area contributed by atoms with Crippen LogP contribution in [0.1, 0.15) is 32.5 Å². The van der Waals surface area contributed by atoms with Gasteiger partial charge in [-0.2, -0.15) is 5.10 Å². The molecular weight excluding hydrogens is 268 g/mol. The number of likely N-dealkylation sites (N-methyl/N-ethyl adjacent to an activating group) is 2. The van der Waals surface area contributed by atoms with Gasteiger partial charge in [-0.3, -0.25) is 4.68 Å². The van der Waals surface area contributed by atoms with Crippen LogP contribution in [0.5, 0.6) is 5.75 Å². The lowest BCUT2D eigenvalue weighted by Crippen LogP contribution is -2.34. The average Bonchev–Trinajstić information content (AvgIpc) is 2.85. The number of ether oxygens (including phenoxy) is 2. The van der Waals surface area contributed by atoms with Crippen LogP contribution in [0.25, 0.3) is 0 Å². The van der Waals surface area contributed by atoms with Crippen LogP contribution in [0.4, 0.5) is 0 Å². The van der Waals surface area contributed by atoms with Crippen molar-refractivity contribution < 1.29 is 9.47 Å². The summed E-state index contributed by atoms with van der Waals surface area (Å²) in [4.78, 5) is 2.15. The number of methoxy groups -OCH3 is 1. The predicted octanol–water partition coefficient (Wildman–Crippen LogP) is 1.53. The molecule has 21 heavy (non-hydrogen) atoms. The van der Waals surface area contributed by atoms with Crippen LogP contribution in [0.3, 0.4) is 0 Å². The number of nitrogens with zero attached hydrogens (tertiary/aromatic N) is 3. The highest BCUT2D eigenvalue weighted by atomic mass is 16.5. The predicted molar refractivity (Wildman–Crippen MR) is 84.8 cm³/mol. The van der Waals surface area contributed by atoms with Crippen molar-refractivity contribution in [1.29, 1.82) is 0 Å². The molecule has 0 aliphatic carbocycles. The Bertz CT molecular complexity index is 406. The second-order valence-corrected chi connectivity index (χ2v) is 5.32. The van der Waals surface area contributed by atoms with E-state index in [1.54, 1.807) is 13.3 Å². The zero-order valence-corrected chi connectivity index (χ0v) is 14.2. The van der Waals surface area contributed by atoms with Crippen molar-refractivity contribution in [3.05, 3.63) is 11.9 Å². The second kappa shape index (κ2) is 9.02. The molecule has 1 aromatic rings. The van der Waals surface area contributed by atoms with Crippen LogP contribution in [0.15, 0.2) is 6.20 Å². The van der Waals surface area contributed by atoms with Crippen LogP contribution in [-0.4, -0.2) is 61.7 Å². The van der Waals surface area contributed by atoms with Gasteiger partial charge >= 0.3 is 0 Å². The summed E-state index contributed by atoms with van der Waals surface area (Å²) in [6, 6.07) is 0.0644. The third kappa shape index (κ3) is 4.98. The molecule has 0 saturated heterocycles. The van der Waals surface area contributed by atoms with E-state index >= 15 is 0 Å². The summed E-state index contributed by atoms with van der Waals surface area (Å²) >= 11 is 0. The summed E-state index contributed by atoms with van der Waals surface area (Å²) in [5.41, 5.74) is 1.06. The molecule has 122 valence electrons. The van der Waals surface area contributed by atoms with E-state index in [0.29, 0.717) is 6.61 Å². The Hall–Kier alpha value is -1.11. The second-order valence-electron chi connectivity index (χ2n) is 5.32. The Morgan fingerprint density at radius 1 is 1.38 bits per heavy atom. The summed E-state index contributed by atoms with van der Waals surface area (Å²) in [7, 11) is 5.81. The van der Waals surface area contributed by atoms with Gasteiger partial charge < -0.3 is 19.7 Å². The van der Waals surface area contributed by atoms with Crippen molar-refractivity contribution in [2.75, 3.05) is 40.9 Å². The van der Waals surface area contributed by atoms with Crippen LogP contribution in [0, 0.1) is 0 Å². The Balaban J connectivity index is 3.05. The topological polar surface area (TPSA) is 51.5 Å². The number of aromatic nitrogens is 2. The normalized spacial score (nSPS) is 14.4. The fourth-order valence-corrected chi connectivity index (χ4v) is 2.39. The van der Waals surface area contributed by atoms with Gasteiger partial charge in [-0.05, 0) is 34.5 Å².